The Morgan fingerprint density at radius 1 is 1.03 bits per heavy atom. The van der Waals surface area contributed by atoms with Crippen molar-refractivity contribution in [2.45, 2.75) is 33.3 Å². The van der Waals surface area contributed by atoms with Crippen LogP contribution in [0.5, 0.6) is 0 Å². The van der Waals surface area contributed by atoms with Gasteiger partial charge in [0.05, 0.1) is 32.6 Å². The quantitative estimate of drug-likeness (QED) is 0.222. The van der Waals surface area contributed by atoms with E-state index in [-0.39, 0.29) is 5.43 Å². The van der Waals surface area contributed by atoms with Crippen molar-refractivity contribution in [3.63, 3.8) is 0 Å². The van der Waals surface area contributed by atoms with Gasteiger partial charge in [-0.15, -0.1) is 11.3 Å². The van der Waals surface area contributed by atoms with Crippen LogP contribution in [-0.4, -0.2) is 16.6 Å². The molecular formula is C32H28N2O4S. The zero-order valence-electron chi connectivity index (χ0n) is 22.2. The molecule has 0 bridgehead atoms. The predicted molar refractivity (Wildman–Crippen MR) is 158 cm³/mol. The Hall–Kier alpha value is -4.49. The number of fused-ring (bicyclic) bond motifs is 1. The number of para-hydroxylation sites is 1. The maximum Gasteiger partial charge on any atom is 0.340 e. The molecule has 0 saturated heterocycles. The van der Waals surface area contributed by atoms with E-state index in [1.54, 1.807) is 29.9 Å². The summed E-state index contributed by atoms with van der Waals surface area (Å²) in [4.78, 5) is 31.8. The van der Waals surface area contributed by atoms with Gasteiger partial charge in [0.15, 0.2) is 0 Å². The zero-order chi connectivity index (χ0) is 27.7. The Bertz CT molecular complexity index is 1750. The summed E-state index contributed by atoms with van der Waals surface area (Å²) in [5.41, 5.74) is 5.46. The molecule has 0 atom stereocenters. The van der Waals surface area contributed by atoms with E-state index >= 15 is 0 Å². The van der Waals surface area contributed by atoms with Crippen LogP contribution in [0.2, 0.25) is 0 Å². The minimum absolute atomic E-state index is 0.147. The number of aromatic nitrogens is 1. The van der Waals surface area contributed by atoms with Crippen LogP contribution in [-0.2, 0) is 4.74 Å². The highest BCUT2D eigenvalue weighted by Crippen LogP contribution is 2.37. The number of thiazole rings is 1. The van der Waals surface area contributed by atoms with Gasteiger partial charge in [0, 0.05) is 23.0 Å². The van der Waals surface area contributed by atoms with Crippen molar-refractivity contribution in [3.8, 4) is 21.8 Å². The number of ether oxygens (including phenoxy) is 1. The molecule has 0 fully saturated rings. The minimum Gasteiger partial charge on any atom is -0.456 e. The fraction of sp³-hybridized carbons (Fsp3) is 0.156. The van der Waals surface area contributed by atoms with Gasteiger partial charge in [0.1, 0.15) is 16.9 Å². The first-order chi connectivity index (χ1) is 18.6. The summed E-state index contributed by atoms with van der Waals surface area (Å²) < 4.78 is 12.2. The van der Waals surface area contributed by atoms with Crippen LogP contribution in [0.25, 0.3) is 38.4 Å². The molecule has 5 aromatic rings. The molecular weight excluding hydrogens is 508 g/mol. The Morgan fingerprint density at radius 3 is 2.44 bits per heavy atom. The highest BCUT2D eigenvalue weighted by molar-refractivity contribution is 7.13. The second-order valence-corrected chi connectivity index (χ2v) is 11.1. The van der Waals surface area contributed by atoms with Gasteiger partial charge in [-0.05, 0) is 57.5 Å². The lowest BCUT2D eigenvalue weighted by Crippen LogP contribution is -2.24. The lowest BCUT2D eigenvalue weighted by molar-refractivity contribution is 0.00707. The molecule has 0 aliphatic rings. The fourth-order valence-corrected chi connectivity index (χ4v) is 5.02. The molecule has 0 saturated carbocycles. The van der Waals surface area contributed by atoms with E-state index < -0.39 is 11.6 Å². The summed E-state index contributed by atoms with van der Waals surface area (Å²) in [6, 6.07) is 20.4. The van der Waals surface area contributed by atoms with Crippen molar-refractivity contribution >= 4 is 39.7 Å². The van der Waals surface area contributed by atoms with Crippen LogP contribution < -0.4 is 10.7 Å². The molecule has 2 aromatic heterocycles. The lowest BCUT2D eigenvalue weighted by Gasteiger charge is -2.21. The standard InChI is InChI=1S/C32H28N2O4S/c1-19-15-23(20(2)34-25-14-10-9-13-22(25)31(36)38-32(3,4)5)30-24(16-19)28(35)27(26-17-33-18-39-26)29(37-30)21-11-7-6-8-12-21/h6-18,34H,2H2,1,3-5H3. The SMILES string of the molecule is C=C(Nc1ccccc1C(=O)OC(C)(C)C)c1cc(C)cc2c(=O)c(-c3cncs3)c(-c3ccccc3)oc12. The van der Waals surface area contributed by atoms with Crippen molar-refractivity contribution in [1.82, 2.24) is 4.98 Å². The summed E-state index contributed by atoms with van der Waals surface area (Å²) >= 11 is 1.39. The first-order valence-electron chi connectivity index (χ1n) is 12.5. The number of benzene rings is 3. The van der Waals surface area contributed by atoms with Gasteiger partial charge in [0.2, 0.25) is 5.43 Å². The molecule has 7 heteroatoms. The zero-order valence-corrected chi connectivity index (χ0v) is 23.0. The van der Waals surface area contributed by atoms with Gasteiger partial charge in [-0.3, -0.25) is 9.78 Å². The van der Waals surface area contributed by atoms with E-state index in [0.717, 1.165) is 16.0 Å². The second kappa shape index (κ2) is 10.3. The van der Waals surface area contributed by atoms with Gasteiger partial charge < -0.3 is 14.5 Å². The average molecular weight is 537 g/mol. The maximum atomic E-state index is 14.0. The maximum absolute atomic E-state index is 14.0. The summed E-state index contributed by atoms with van der Waals surface area (Å²) in [6.45, 7) is 11.7. The molecule has 6 nitrogen and oxygen atoms in total. The minimum atomic E-state index is -0.638. The number of anilines is 1. The first-order valence-corrected chi connectivity index (χ1v) is 13.3. The van der Waals surface area contributed by atoms with Crippen molar-refractivity contribution in [2.75, 3.05) is 5.32 Å². The first kappa shape index (κ1) is 26.1. The number of rotatable bonds is 6. The van der Waals surface area contributed by atoms with Crippen molar-refractivity contribution in [3.05, 3.63) is 112 Å². The van der Waals surface area contributed by atoms with Gasteiger partial charge in [-0.1, -0.05) is 49.0 Å². The van der Waals surface area contributed by atoms with E-state index in [1.165, 1.54) is 11.3 Å². The van der Waals surface area contributed by atoms with Crippen molar-refractivity contribution in [2.24, 2.45) is 0 Å². The van der Waals surface area contributed by atoms with E-state index in [4.69, 9.17) is 9.15 Å². The summed E-state index contributed by atoms with van der Waals surface area (Å²) in [6.07, 6.45) is 1.68. The Morgan fingerprint density at radius 2 is 1.74 bits per heavy atom. The number of nitrogens with zero attached hydrogens (tertiary/aromatic N) is 1. The molecule has 0 amide bonds. The molecule has 196 valence electrons. The molecule has 2 heterocycles. The molecule has 0 aliphatic carbocycles. The van der Waals surface area contributed by atoms with Crippen LogP contribution >= 0.6 is 11.3 Å². The Kier molecular flexibility index (Phi) is 6.93. The van der Waals surface area contributed by atoms with E-state index in [2.05, 4.69) is 16.9 Å². The van der Waals surface area contributed by atoms with E-state index in [9.17, 15) is 9.59 Å². The molecule has 1 N–H and O–H groups in total. The van der Waals surface area contributed by atoms with Gasteiger partial charge in [-0.25, -0.2) is 4.79 Å². The Balaban J connectivity index is 1.66. The molecule has 0 unspecified atom stereocenters. The van der Waals surface area contributed by atoms with Gasteiger partial charge in [-0.2, -0.15) is 0 Å². The lowest BCUT2D eigenvalue weighted by atomic mass is 9.99. The van der Waals surface area contributed by atoms with Crippen LogP contribution in [0.1, 0.15) is 42.3 Å². The predicted octanol–water partition coefficient (Wildman–Crippen LogP) is 7.93. The number of hydrogen-bond acceptors (Lipinski definition) is 7. The molecule has 3 aromatic carbocycles. The number of hydrogen-bond donors (Lipinski definition) is 1. The highest BCUT2D eigenvalue weighted by Gasteiger charge is 2.23. The summed E-state index contributed by atoms with van der Waals surface area (Å²) in [5, 5.41) is 3.71. The van der Waals surface area contributed by atoms with Crippen LogP contribution in [0, 0.1) is 6.92 Å². The van der Waals surface area contributed by atoms with Crippen molar-refractivity contribution < 1.29 is 13.9 Å². The third-order valence-corrected chi connectivity index (χ3v) is 6.80. The molecule has 0 radical (unpaired) electrons. The molecule has 39 heavy (non-hydrogen) atoms. The molecule has 5 rings (SSSR count). The second-order valence-electron chi connectivity index (χ2n) is 10.2. The van der Waals surface area contributed by atoms with Crippen molar-refractivity contribution in [1.29, 1.82) is 0 Å². The van der Waals surface area contributed by atoms with Crippen LogP contribution in [0.15, 0.2) is 94.2 Å². The topological polar surface area (TPSA) is 81.4 Å². The summed E-state index contributed by atoms with van der Waals surface area (Å²) in [7, 11) is 0. The smallest absolute Gasteiger partial charge is 0.340 e. The third kappa shape index (κ3) is 5.40. The number of carbonyl (C=O) groups excluding carboxylic acids is 1. The number of nitrogens with one attached hydrogen (secondary N) is 1. The van der Waals surface area contributed by atoms with E-state index in [0.29, 0.717) is 44.8 Å². The summed E-state index contributed by atoms with van der Waals surface area (Å²) in [5.74, 6) is 0.0176. The third-order valence-electron chi connectivity index (χ3n) is 6.01. The van der Waals surface area contributed by atoms with Gasteiger partial charge in [0.25, 0.3) is 0 Å². The number of carbonyl (C=O) groups is 1. The highest BCUT2D eigenvalue weighted by atomic mass is 32.1. The average Bonchev–Trinajstić information content (AvgIpc) is 3.43. The van der Waals surface area contributed by atoms with Crippen LogP contribution in [0.4, 0.5) is 5.69 Å². The van der Waals surface area contributed by atoms with E-state index in [1.807, 2.05) is 76.2 Å². The number of esters is 1. The fourth-order valence-electron chi connectivity index (χ4n) is 4.36. The molecule has 0 spiro atoms. The molecule has 0 aliphatic heterocycles. The number of aryl methyl sites for hydroxylation is 1. The van der Waals surface area contributed by atoms with Gasteiger partial charge >= 0.3 is 5.97 Å². The monoisotopic (exact) mass is 536 g/mol. The Labute approximate surface area is 230 Å². The normalized spacial score (nSPS) is 11.4. The largest absolute Gasteiger partial charge is 0.456 e. The van der Waals surface area contributed by atoms with Crippen LogP contribution in [0.3, 0.4) is 0 Å².